The van der Waals surface area contributed by atoms with E-state index in [0.717, 1.165) is 0 Å². The highest BCUT2D eigenvalue weighted by Crippen LogP contribution is 2.21. The predicted molar refractivity (Wildman–Crippen MR) is 70.3 cm³/mol. The SMILES string of the molecule is CC(=O)[C@H](C)NC(=O)C(CC(C)C)C(C)C(=O)NO. The number of rotatable bonds is 7. The first-order chi connectivity index (χ1) is 8.70. The fraction of sp³-hybridized carbons (Fsp3) is 0.769. The molecular formula is C13H24N2O4. The van der Waals surface area contributed by atoms with Crippen LogP contribution in [0.1, 0.15) is 41.0 Å². The summed E-state index contributed by atoms with van der Waals surface area (Å²) in [5.74, 6) is -2.10. The Balaban J connectivity index is 4.88. The lowest BCUT2D eigenvalue weighted by molar-refractivity contribution is -0.140. The molecule has 0 saturated heterocycles. The molecule has 0 saturated carbocycles. The molecule has 2 amide bonds. The monoisotopic (exact) mass is 272 g/mol. The van der Waals surface area contributed by atoms with Gasteiger partial charge in [-0.3, -0.25) is 19.6 Å². The summed E-state index contributed by atoms with van der Waals surface area (Å²) in [6.07, 6.45) is 0.505. The minimum atomic E-state index is -0.661. The fourth-order valence-electron chi connectivity index (χ4n) is 1.75. The van der Waals surface area contributed by atoms with E-state index in [1.165, 1.54) is 6.92 Å². The van der Waals surface area contributed by atoms with Crippen molar-refractivity contribution in [3.63, 3.8) is 0 Å². The smallest absolute Gasteiger partial charge is 0.246 e. The number of Topliss-reactive ketones (excluding diaryl/α,β-unsaturated/α-hetero) is 1. The second-order valence-corrected chi connectivity index (χ2v) is 5.34. The Morgan fingerprint density at radius 2 is 1.58 bits per heavy atom. The predicted octanol–water partition coefficient (Wildman–Crippen LogP) is 0.884. The van der Waals surface area contributed by atoms with E-state index < -0.39 is 23.8 Å². The first-order valence-corrected chi connectivity index (χ1v) is 6.45. The average Bonchev–Trinajstić information content (AvgIpc) is 2.33. The molecule has 3 atom stereocenters. The maximum Gasteiger partial charge on any atom is 0.246 e. The number of hydroxylamine groups is 1. The zero-order valence-electron chi connectivity index (χ0n) is 12.2. The molecule has 110 valence electrons. The molecule has 0 aromatic rings. The summed E-state index contributed by atoms with van der Waals surface area (Å²) in [6, 6.07) is -0.577. The molecule has 0 radical (unpaired) electrons. The van der Waals surface area contributed by atoms with Crippen LogP contribution in [0.5, 0.6) is 0 Å². The van der Waals surface area contributed by atoms with Gasteiger partial charge in [-0.2, -0.15) is 0 Å². The molecule has 3 N–H and O–H groups in total. The molecule has 0 aliphatic heterocycles. The van der Waals surface area contributed by atoms with E-state index in [0.29, 0.717) is 6.42 Å². The Morgan fingerprint density at radius 3 is 1.95 bits per heavy atom. The van der Waals surface area contributed by atoms with Crippen LogP contribution in [0.25, 0.3) is 0 Å². The molecule has 6 heteroatoms. The van der Waals surface area contributed by atoms with E-state index >= 15 is 0 Å². The fourth-order valence-corrected chi connectivity index (χ4v) is 1.75. The summed E-state index contributed by atoms with van der Waals surface area (Å²) in [4.78, 5) is 34.7. The van der Waals surface area contributed by atoms with Crippen molar-refractivity contribution in [2.45, 2.75) is 47.1 Å². The molecule has 0 aliphatic rings. The highest BCUT2D eigenvalue weighted by atomic mass is 16.5. The largest absolute Gasteiger partial charge is 0.346 e. The van der Waals surface area contributed by atoms with Gasteiger partial charge in [0.2, 0.25) is 11.8 Å². The third-order valence-electron chi connectivity index (χ3n) is 3.16. The van der Waals surface area contributed by atoms with E-state index in [9.17, 15) is 14.4 Å². The highest BCUT2D eigenvalue weighted by Gasteiger charge is 2.31. The lowest BCUT2D eigenvalue weighted by Gasteiger charge is -2.24. The Bertz CT molecular complexity index is 342. The van der Waals surface area contributed by atoms with E-state index in [4.69, 9.17) is 5.21 Å². The van der Waals surface area contributed by atoms with Gasteiger partial charge in [-0.05, 0) is 26.2 Å². The van der Waals surface area contributed by atoms with Crippen LogP contribution in [0.15, 0.2) is 0 Å². The van der Waals surface area contributed by atoms with Crippen LogP contribution in [0.2, 0.25) is 0 Å². The molecule has 0 aliphatic carbocycles. The van der Waals surface area contributed by atoms with Gasteiger partial charge < -0.3 is 5.32 Å². The molecule has 0 bridgehead atoms. The summed E-state index contributed by atoms with van der Waals surface area (Å²) >= 11 is 0. The summed E-state index contributed by atoms with van der Waals surface area (Å²) < 4.78 is 0. The number of hydrogen-bond donors (Lipinski definition) is 3. The topological polar surface area (TPSA) is 95.5 Å². The van der Waals surface area contributed by atoms with Crippen LogP contribution in [0.4, 0.5) is 0 Å². The van der Waals surface area contributed by atoms with Crippen LogP contribution in [-0.2, 0) is 14.4 Å². The first-order valence-electron chi connectivity index (χ1n) is 6.45. The molecule has 0 spiro atoms. The van der Waals surface area contributed by atoms with E-state index in [2.05, 4.69) is 5.32 Å². The van der Waals surface area contributed by atoms with Crippen LogP contribution >= 0.6 is 0 Å². The maximum atomic E-state index is 12.1. The quantitative estimate of drug-likeness (QED) is 0.473. The van der Waals surface area contributed by atoms with Crippen molar-refractivity contribution in [3.8, 4) is 0 Å². The highest BCUT2D eigenvalue weighted by molar-refractivity contribution is 5.90. The number of carbonyl (C=O) groups is 3. The molecule has 0 aromatic heterocycles. The number of carbonyl (C=O) groups excluding carboxylic acids is 3. The molecule has 19 heavy (non-hydrogen) atoms. The Morgan fingerprint density at radius 1 is 1.05 bits per heavy atom. The van der Waals surface area contributed by atoms with E-state index in [-0.39, 0.29) is 17.6 Å². The molecule has 0 fully saturated rings. The van der Waals surface area contributed by atoms with Crippen molar-refractivity contribution >= 4 is 17.6 Å². The summed E-state index contributed by atoms with van der Waals surface area (Å²) in [6.45, 7) is 8.46. The van der Waals surface area contributed by atoms with E-state index in [1.54, 1.807) is 19.3 Å². The van der Waals surface area contributed by atoms with Crippen LogP contribution in [0.3, 0.4) is 0 Å². The molecule has 0 rings (SSSR count). The summed E-state index contributed by atoms with van der Waals surface area (Å²) in [7, 11) is 0. The molecule has 6 nitrogen and oxygen atoms in total. The molecule has 0 heterocycles. The standard InChI is InChI=1S/C13H24N2O4/c1-7(2)6-11(8(3)12(17)15-19)13(18)14-9(4)10(5)16/h7-9,11,19H,6H2,1-5H3,(H,14,18)(H,15,17)/t8?,9-,11?/m0/s1. The molecule has 0 aromatic carbocycles. The van der Waals surface area contributed by atoms with Gasteiger partial charge in [0.25, 0.3) is 0 Å². The van der Waals surface area contributed by atoms with Crippen LogP contribution < -0.4 is 10.8 Å². The lowest BCUT2D eigenvalue weighted by Crippen LogP contribution is -2.45. The van der Waals surface area contributed by atoms with Gasteiger partial charge in [0, 0.05) is 11.8 Å². The Labute approximate surface area is 113 Å². The van der Waals surface area contributed by atoms with E-state index in [1.807, 2.05) is 13.8 Å². The second-order valence-electron chi connectivity index (χ2n) is 5.34. The van der Waals surface area contributed by atoms with Crippen LogP contribution in [0, 0.1) is 17.8 Å². The maximum absolute atomic E-state index is 12.1. The minimum absolute atomic E-state index is 0.143. The zero-order valence-corrected chi connectivity index (χ0v) is 12.2. The van der Waals surface area contributed by atoms with Crippen molar-refractivity contribution in [3.05, 3.63) is 0 Å². The van der Waals surface area contributed by atoms with Gasteiger partial charge in [0.15, 0.2) is 5.78 Å². The zero-order chi connectivity index (χ0) is 15.2. The van der Waals surface area contributed by atoms with Crippen molar-refractivity contribution in [2.75, 3.05) is 0 Å². The summed E-state index contributed by atoms with van der Waals surface area (Å²) in [5.41, 5.74) is 1.56. The molecule has 2 unspecified atom stereocenters. The number of amides is 2. The second kappa shape index (κ2) is 7.89. The van der Waals surface area contributed by atoms with Gasteiger partial charge in [-0.1, -0.05) is 20.8 Å². The number of ketones is 1. The number of nitrogens with one attached hydrogen (secondary N) is 2. The van der Waals surface area contributed by atoms with Gasteiger partial charge in [-0.25, -0.2) is 5.48 Å². The average molecular weight is 272 g/mol. The summed E-state index contributed by atoms with van der Waals surface area (Å²) in [5, 5.41) is 11.2. The Hall–Kier alpha value is -1.43. The van der Waals surface area contributed by atoms with Crippen LogP contribution in [-0.4, -0.2) is 28.8 Å². The first kappa shape index (κ1) is 17.6. The van der Waals surface area contributed by atoms with Crippen molar-refractivity contribution in [2.24, 2.45) is 17.8 Å². The van der Waals surface area contributed by atoms with Gasteiger partial charge in [0.05, 0.1) is 6.04 Å². The molecular weight excluding hydrogens is 248 g/mol. The third kappa shape index (κ3) is 5.83. The van der Waals surface area contributed by atoms with Gasteiger partial charge in [-0.15, -0.1) is 0 Å². The van der Waals surface area contributed by atoms with Crippen molar-refractivity contribution < 1.29 is 19.6 Å². The van der Waals surface area contributed by atoms with Gasteiger partial charge in [0.1, 0.15) is 0 Å². The normalized spacial score (nSPS) is 15.5. The minimum Gasteiger partial charge on any atom is -0.346 e. The third-order valence-corrected chi connectivity index (χ3v) is 3.16. The van der Waals surface area contributed by atoms with Gasteiger partial charge >= 0.3 is 0 Å². The Kier molecular flexibility index (Phi) is 7.29. The number of hydrogen-bond acceptors (Lipinski definition) is 4. The van der Waals surface area contributed by atoms with Crippen molar-refractivity contribution in [1.29, 1.82) is 0 Å². The van der Waals surface area contributed by atoms with Crippen molar-refractivity contribution in [1.82, 2.24) is 10.8 Å². The lowest BCUT2D eigenvalue weighted by atomic mass is 9.85.